The number of rotatable bonds is 24. The van der Waals surface area contributed by atoms with Gasteiger partial charge in [0.25, 0.3) is 0 Å². The summed E-state index contributed by atoms with van der Waals surface area (Å²) in [6.45, 7) is 2.90. The smallest absolute Gasteiger partial charge is 0.303 e. The molecule has 10 atom stereocenters. The van der Waals surface area contributed by atoms with Crippen molar-refractivity contribution in [1.29, 1.82) is 0 Å². The Labute approximate surface area is 405 Å². The molecule has 0 N–H and O–H groups in total. The highest BCUT2D eigenvalue weighted by molar-refractivity contribution is 5.66. The third-order valence-corrected chi connectivity index (χ3v) is 12.0. The van der Waals surface area contributed by atoms with Gasteiger partial charge in [0, 0.05) is 14.0 Å². The number of methoxy groups -OCH3 is 1. The second kappa shape index (κ2) is 26.4. The van der Waals surface area contributed by atoms with Gasteiger partial charge in [-0.3, -0.25) is 4.79 Å². The van der Waals surface area contributed by atoms with E-state index in [1.54, 1.807) is 7.11 Å². The first-order valence-electron chi connectivity index (χ1n) is 23.5. The van der Waals surface area contributed by atoms with Crippen LogP contribution in [0.3, 0.4) is 0 Å². The second-order valence-corrected chi connectivity index (χ2v) is 17.0. The van der Waals surface area contributed by atoms with Crippen LogP contribution in [0.1, 0.15) is 40.3 Å². The summed E-state index contributed by atoms with van der Waals surface area (Å²) in [6, 6.07) is 59.3. The van der Waals surface area contributed by atoms with E-state index in [4.69, 9.17) is 52.1 Å². The Hall–Kier alpha value is -5.61. The fourth-order valence-electron chi connectivity index (χ4n) is 8.51. The molecule has 0 bridgehead atoms. The number of hydrogen-bond acceptors (Lipinski definition) is 12. The fourth-order valence-corrected chi connectivity index (χ4v) is 8.51. The first-order chi connectivity index (χ1) is 34.0. The van der Waals surface area contributed by atoms with Crippen LogP contribution in [0, 0.1) is 0 Å². The highest BCUT2D eigenvalue weighted by Crippen LogP contribution is 2.35. The van der Waals surface area contributed by atoms with E-state index in [0.717, 1.165) is 33.4 Å². The molecule has 6 unspecified atom stereocenters. The van der Waals surface area contributed by atoms with Gasteiger partial charge in [-0.2, -0.15) is 0 Å². The van der Waals surface area contributed by atoms with Crippen LogP contribution in [-0.2, 0) is 96.5 Å². The van der Waals surface area contributed by atoms with Crippen molar-refractivity contribution in [1.82, 2.24) is 0 Å². The van der Waals surface area contributed by atoms with Crippen LogP contribution in [0.5, 0.6) is 0 Å². The number of carbonyl (C=O) groups excluding carboxylic acids is 1. The van der Waals surface area contributed by atoms with Crippen molar-refractivity contribution >= 4 is 5.97 Å². The van der Waals surface area contributed by atoms with Crippen LogP contribution in [-0.4, -0.2) is 87.7 Å². The molecule has 2 fully saturated rings. The summed E-state index contributed by atoms with van der Waals surface area (Å²) in [5.41, 5.74) is 5.77. The lowest BCUT2D eigenvalue weighted by Crippen LogP contribution is -2.64. The molecule has 0 amide bonds. The average molecular weight is 939 g/mol. The Morgan fingerprint density at radius 3 is 1.07 bits per heavy atom. The maximum absolute atomic E-state index is 13.1. The molecular weight excluding hydrogens is 877 g/mol. The Kier molecular flexibility index (Phi) is 19.0. The first-order valence-corrected chi connectivity index (χ1v) is 23.5. The zero-order chi connectivity index (χ0) is 47.5. The third-order valence-electron chi connectivity index (χ3n) is 12.0. The monoisotopic (exact) mass is 938 g/mol. The molecule has 0 spiro atoms. The maximum atomic E-state index is 13.1. The van der Waals surface area contributed by atoms with Gasteiger partial charge in [0.2, 0.25) is 0 Å². The number of benzene rings is 6. The molecule has 12 nitrogen and oxygen atoms in total. The minimum atomic E-state index is -1.17. The lowest BCUT2D eigenvalue weighted by Gasteiger charge is -2.47. The van der Waals surface area contributed by atoms with Gasteiger partial charge in [0.1, 0.15) is 42.7 Å². The molecular formula is C57H62O12. The van der Waals surface area contributed by atoms with Crippen molar-refractivity contribution < 1.29 is 56.9 Å². The molecule has 6 aromatic rings. The summed E-state index contributed by atoms with van der Waals surface area (Å²) in [7, 11) is 1.58. The summed E-state index contributed by atoms with van der Waals surface area (Å²) in [4.78, 5) is 13.1. The molecule has 69 heavy (non-hydrogen) atoms. The van der Waals surface area contributed by atoms with Crippen LogP contribution in [0.15, 0.2) is 182 Å². The van der Waals surface area contributed by atoms with Crippen LogP contribution >= 0.6 is 0 Å². The van der Waals surface area contributed by atoms with Crippen LogP contribution in [0.4, 0.5) is 0 Å². The molecule has 0 aliphatic carbocycles. The van der Waals surface area contributed by atoms with Crippen molar-refractivity contribution in [2.24, 2.45) is 0 Å². The second-order valence-electron chi connectivity index (χ2n) is 17.0. The molecule has 2 saturated heterocycles. The lowest BCUT2D eigenvalue weighted by molar-refractivity contribution is -0.347. The standard InChI is InChI=1S/C57H62O12/c1-41(58)67-55-53(64-37-46-29-17-7-18-30-46)50(61-34-43-23-11-4-12-24-43)48(39-60-33-42-21-9-3-10-22-42)69-57(55)66-40-49-51(62-35-44-25-13-5-14-26-44)52(63-36-45-27-15-6-16-28-45)54(56(59-2)68-49)65-38-47-31-19-8-20-32-47/h3-32,48-57H,33-40H2,1-2H3/t48?,49?,50-,51-,52?,53?,54?,55?,56+,57+/m1/s1. The lowest BCUT2D eigenvalue weighted by atomic mass is 9.97. The summed E-state index contributed by atoms with van der Waals surface area (Å²) in [5, 5.41) is 0. The summed E-state index contributed by atoms with van der Waals surface area (Å²) < 4.78 is 72.9. The van der Waals surface area contributed by atoms with Gasteiger partial charge < -0.3 is 52.1 Å². The van der Waals surface area contributed by atoms with E-state index in [0.29, 0.717) is 6.61 Å². The van der Waals surface area contributed by atoms with E-state index in [1.165, 1.54) is 6.92 Å². The summed E-state index contributed by atoms with van der Waals surface area (Å²) in [6.07, 6.45) is -8.53. The average Bonchev–Trinajstić information content (AvgIpc) is 3.39. The maximum Gasteiger partial charge on any atom is 0.303 e. The number of carbonyl (C=O) groups is 1. The van der Waals surface area contributed by atoms with E-state index < -0.39 is 67.4 Å². The van der Waals surface area contributed by atoms with E-state index in [-0.39, 0.29) is 46.2 Å². The van der Waals surface area contributed by atoms with Crippen molar-refractivity contribution in [2.45, 2.75) is 108 Å². The molecule has 0 saturated carbocycles. The van der Waals surface area contributed by atoms with Gasteiger partial charge in [0.15, 0.2) is 18.7 Å². The van der Waals surface area contributed by atoms with Gasteiger partial charge >= 0.3 is 5.97 Å². The van der Waals surface area contributed by atoms with Crippen molar-refractivity contribution in [2.75, 3.05) is 20.3 Å². The molecule has 2 aliphatic rings. The Morgan fingerprint density at radius 2 is 0.696 bits per heavy atom. The molecule has 2 aliphatic heterocycles. The molecule has 0 aromatic heterocycles. The molecule has 2 heterocycles. The van der Waals surface area contributed by atoms with Gasteiger partial charge in [-0.1, -0.05) is 182 Å². The quantitative estimate of drug-likeness (QED) is 0.0539. The number of esters is 1. The SMILES string of the molecule is CO[C@H]1OC(CO[C@H]2OC(COCc3ccccc3)[C@@H](OCc3ccccc3)C(OCc3ccccc3)C2OC(C)=O)[C@@H](OCc2ccccc2)C(OCc2ccccc2)C1OCc1ccccc1. The van der Waals surface area contributed by atoms with Gasteiger partial charge in [0.05, 0.1) is 52.9 Å². The van der Waals surface area contributed by atoms with E-state index >= 15 is 0 Å². The predicted octanol–water partition coefficient (Wildman–Crippen LogP) is 9.17. The van der Waals surface area contributed by atoms with Gasteiger partial charge in [-0.15, -0.1) is 0 Å². The molecule has 362 valence electrons. The largest absolute Gasteiger partial charge is 0.454 e. The third kappa shape index (κ3) is 14.7. The molecule has 6 aromatic carbocycles. The number of ether oxygens (including phenoxy) is 11. The highest BCUT2D eigenvalue weighted by Gasteiger charge is 2.53. The van der Waals surface area contributed by atoms with Gasteiger partial charge in [-0.05, 0) is 33.4 Å². The predicted molar refractivity (Wildman–Crippen MR) is 257 cm³/mol. The summed E-state index contributed by atoms with van der Waals surface area (Å²) >= 11 is 0. The zero-order valence-electron chi connectivity index (χ0n) is 39.1. The topological polar surface area (TPSA) is 119 Å². The van der Waals surface area contributed by atoms with Crippen molar-refractivity contribution in [3.63, 3.8) is 0 Å². The van der Waals surface area contributed by atoms with Crippen molar-refractivity contribution in [3.05, 3.63) is 215 Å². The van der Waals surface area contributed by atoms with E-state index in [2.05, 4.69) is 0 Å². The van der Waals surface area contributed by atoms with E-state index in [9.17, 15) is 4.79 Å². The van der Waals surface area contributed by atoms with Crippen LogP contribution < -0.4 is 0 Å². The zero-order valence-corrected chi connectivity index (χ0v) is 39.1. The Bertz CT molecular complexity index is 2350. The Balaban J connectivity index is 1.11. The minimum absolute atomic E-state index is 0.100. The Morgan fingerprint density at radius 1 is 0.377 bits per heavy atom. The van der Waals surface area contributed by atoms with Crippen molar-refractivity contribution in [3.8, 4) is 0 Å². The minimum Gasteiger partial charge on any atom is -0.454 e. The molecule has 8 rings (SSSR count). The highest BCUT2D eigenvalue weighted by atomic mass is 16.8. The normalized spacial score (nSPS) is 24.7. The first kappa shape index (κ1) is 49.8. The molecule has 12 heteroatoms. The fraction of sp³-hybridized carbons (Fsp3) is 0.351. The van der Waals surface area contributed by atoms with Gasteiger partial charge in [-0.25, -0.2) is 0 Å². The van der Waals surface area contributed by atoms with E-state index in [1.807, 2.05) is 182 Å². The molecule has 0 radical (unpaired) electrons. The van der Waals surface area contributed by atoms with Crippen LogP contribution in [0.25, 0.3) is 0 Å². The number of hydrogen-bond donors (Lipinski definition) is 0. The summed E-state index contributed by atoms with van der Waals surface area (Å²) in [5.74, 6) is -0.545. The van der Waals surface area contributed by atoms with Crippen LogP contribution in [0.2, 0.25) is 0 Å².